The molecular weight excluding hydrogens is 432 g/mol. The first-order valence-corrected chi connectivity index (χ1v) is 10.3. The van der Waals surface area contributed by atoms with Crippen molar-refractivity contribution in [1.29, 1.82) is 0 Å². The zero-order valence-corrected chi connectivity index (χ0v) is 17.0. The Labute approximate surface area is 176 Å². The molecule has 0 amide bonds. The lowest BCUT2D eigenvalue weighted by atomic mass is 9.96. The van der Waals surface area contributed by atoms with Crippen molar-refractivity contribution in [1.82, 2.24) is 5.01 Å². The predicted octanol–water partition coefficient (Wildman–Crippen LogP) is 5.42. The molecule has 0 saturated carbocycles. The topological polar surface area (TPSA) is 43.3 Å². The lowest BCUT2D eigenvalue weighted by molar-refractivity contribution is -0.0190. The number of halogens is 1. The molecular formula is C23H17BrN2O3. The van der Waals surface area contributed by atoms with Crippen molar-refractivity contribution in [2.45, 2.75) is 18.7 Å². The van der Waals surface area contributed by atoms with E-state index in [-0.39, 0.29) is 19.1 Å². The van der Waals surface area contributed by atoms with Crippen molar-refractivity contribution in [2.24, 2.45) is 5.10 Å². The third-order valence-electron chi connectivity index (χ3n) is 5.56. The molecule has 6 rings (SSSR count). The molecule has 6 heteroatoms. The van der Waals surface area contributed by atoms with Crippen LogP contribution in [-0.2, 0) is 0 Å². The van der Waals surface area contributed by atoms with Crippen LogP contribution in [0.25, 0.3) is 0 Å². The highest BCUT2D eigenvalue weighted by Crippen LogP contribution is 2.47. The molecule has 3 aliphatic rings. The summed E-state index contributed by atoms with van der Waals surface area (Å²) < 4.78 is 18.4. The highest BCUT2D eigenvalue weighted by molar-refractivity contribution is 9.10. The van der Waals surface area contributed by atoms with Crippen LogP contribution in [0.4, 0.5) is 0 Å². The van der Waals surface area contributed by atoms with Crippen LogP contribution >= 0.6 is 15.9 Å². The minimum Gasteiger partial charge on any atom is -0.464 e. The van der Waals surface area contributed by atoms with Gasteiger partial charge in [0.25, 0.3) is 0 Å². The van der Waals surface area contributed by atoms with E-state index in [0.717, 1.165) is 45.0 Å². The van der Waals surface area contributed by atoms with Crippen molar-refractivity contribution in [3.8, 4) is 17.2 Å². The van der Waals surface area contributed by atoms with Gasteiger partial charge in [0.05, 0.1) is 11.8 Å². The molecule has 0 N–H and O–H groups in total. The van der Waals surface area contributed by atoms with Gasteiger partial charge >= 0.3 is 0 Å². The zero-order chi connectivity index (χ0) is 19.4. The third-order valence-corrected chi connectivity index (χ3v) is 6.09. The van der Waals surface area contributed by atoms with Gasteiger partial charge < -0.3 is 14.2 Å². The number of ether oxygens (including phenoxy) is 3. The van der Waals surface area contributed by atoms with Gasteiger partial charge in [0.15, 0.2) is 11.5 Å². The SMILES string of the molecule is Brc1ccc([C@@H]2Oc3ccccc3[C@@H]3CC(c4ccc5c(c4)OCO5)=NN32)cc1. The van der Waals surface area contributed by atoms with E-state index in [1.165, 1.54) is 5.56 Å². The molecule has 29 heavy (non-hydrogen) atoms. The molecule has 0 bridgehead atoms. The van der Waals surface area contributed by atoms with Crippen molar-refractivity contribution in [2.75, 3.05) is 6.79 Å². The Morgan fingerprint density at radius 2 is 1.72 bits per heavy atom. The summed E-state index contributed by atoms with van der Waals surface area (Å²) in [4.78, 5) is 0. The lowest BCUT2D eigenvalue weighted by Gasteiger charge is -2.38. The molecule has 3 aromatic rings. The number of benzene rings is 3. The summed E-state index contributed by atoms with van der Waals surface area (Å²) in [5.41, 5.74) is 4.31. The van der Waals surface area contributed by atoms with Crippen LogP contribution in [-0.4, -0.2) is 17.5 Å². The smallest absolute Gasteiger partial charge is 0.231 e. The van der Waals surface area contributed by atoms with Gasteiger partial charge in [0, 0.05) is 27.6 Å². The molecule has 3 aromatic carbocycles. The first-order valence-electron chi connectivity index (χ1n) is 9.53. The molecule has 3 aliphatic heterocycles. The summed E-state index contributed by atoms with van der Waals surface area (Å²) in [5.74, 6) is 2.48. The molecule has 0 saturated heterocycles. The summed E-state index contributed by atoms with van der Waals surface area (Å²) in [5, 5.41) is 7.09. The first-order chi connectivity index (χ1) is 14.3. The van der Waals surface area contributed by atoms with Crippen molar-refractivity contribution in [3.63, 3.8) is 0 Å². The average Bonchev–Trinajstić information content (AvgIpc) is 3.40. The van der Waals surface area contributed by atoms with Gasteiger partial charge in [-0.15, -0.1) is 0 Å². The second-order valence-electron chi connectivity index (χ2n) is 7.27. The highest BCUT2D eigenvalue weighted by Gasteiger charge is 2.41. The lowest BCUT2D eigenvalue weighted by Crippen LogP contribution is -2.33. The van der Waals surface area contributed by atoms with Gasteiger partial charge in [0.2, 0.25) is 13.0 Å². The fourth-order valence-electron chi connectivity index (χ4n) is 4.13. The number of nitrogens with zero attached hydrogens (tertiary/aromatic N) is 2. The van der Waals surface area contributed by atoms with Gasteiger partial charge in [-0.05, 0) is 36.4 Å². The summed E-state index contributed by atoms with van der Waals surface area (Å²) in [6.45, 7) is 0.271. The molecule has 2 atom stereocenters. The minimum atomic E-state index is -0.269. The molecule has 0 radical (unpaired) electrons. The Kier molecular flexibility index (Phi) is 3.81. The van der Waals surface area contributed by atoms with Gasteiger partial charge in [-0.1, -0.05) is 46.3 Å². The largest absolute Gasteiger partial charge is 0.464 e. The Bertz CT molecular complexity index is 1130. The molecule has 3 heterocycles. The van der Waals surface area contributed by atoms with Crippen LogP contribution in [0.15, 0.2) is 76.3 Å². The minimum absolute atomic E-state index is 0.133. The maximum atomic E-state index is 6.39. The Hall–Kier alpha value is -2.99. The van der Waals surface area contributed by atoms with E-state index in [1.807, 2.05) is 42.5 Å². The quantitative estimate of drug-likeness (QED) is 0.524. The Balaban J connectivity index is 1.42. The maximum Gasteiger partial charge on any atom is 0.231 e. The number of para-hydroxylation sites is 1. The van der Waals surface area contributed by atoms with E-state index < -0.39 is 0 Å². The zero-order valence-electron chi connectivity index (χ0n) is 15.4. The third kappa shape index (κ3) is 2.78. The summed E-state index contributed by atoms with van der Waals surface area (Å²) in [7, 11) is 0. The second kappa shape index (κ2) is 6.52. The number of hydrazone groups is 1. The van der Waals surface area contributed by atoms with Gasteiger partial charge in [-0.25, -0.2) is 5.01 Å². The number of hydrogen-bond donors (Lipinski definition) is 0. The summed E-state index contributed by atoms with van der Waals surface area (Å²) in [6, 6.07) is 22.6. The average molecular weight is 449 g/mol. The van der Waals surface area contributed by atoms with E-state index in [1.54, 1.807) is 0 Å². The summed E-state index contributed by atoms with van der Waals surface area (Å²) in [6.07, 6.45) is 0.544. The second-order valence-corrected chi connectivity index (χ2v) is 8.19. The van der Waals surface area contributed by atoms with Gasteiger partial charge in [0.1, 0.15) is 5.75 Å². The number of rotatable bonds is 2. The highest BCUT2D eigenvalue weighted by atomic mass is 79.9. The van der Waals surface area contributed by atoms with Crippen molar-refractivity contribution < 1.29 is 14.2 Å². The van der Waals surface area contributed by atoms with E-state index in [9.17, 15) is 0 Å². The van der Waals surface area contributed by atoms with Gasteiger partial charge in [-0.3, -0.25) is 0 Å². The van der Waals surface area contributed by atoms with Crippen LogP contribution in [0.5, 0.6) is 17.2 Å². The van der Waals surface area contributed by atoms with E-state index in [2.05, 4.69) is 45.2 Å². The molecule has 0 aromatic heterocycles. The molecule has 0 spiro atoms. The van der Waals surface area contributed by atoms with Crippen molar-refractivity contribution >= 4 is 21.6 Å². The van der Waals surface area contributed by atoms with Crippen LogP contribution in [0, 0.1) is 0 Å². The van der Waals surface area contributed by atoms with E-state index in [4.69, 9.17) is 19.3 Å². The standard InChI is InChI=1S/C23H17BrN2O3/c24-16-8-5-14(6-9-16)23-26-19(17-3-1-2-4-20(17)29-23)12-18(25-26)15-7-10-21-22(11-15)28-13-27-21/h1-11,19,23H,12-13H2/t19-,23-/m0/s1. The Morgan fingerprint density at radius 1 is 0.897 bits per heavy atom. The van der Waals surface area contributed by atoms with Crippen LogP contribution in [0.1, 0.15) is 35.4 Å². The number of hydrogen-bond acceptors (Lipinski definition) is 5. The molecule has 0 unspecified atom stereocenters. The van der Waals surface area contributed by atoms with Gasteiger partial charge in [-0.2, -0.15) is 5.10 Å². The predicted molar refractivity (Wildman–Crippen MR) is 112 cm³/mol. The van der Waals surface area contributed by atoms with Crippen molar-refractivity contribution in [3.05, 3.63) is 87.9 Å². The van der Waals surface area contributed by atoms with Crippen LogP contribution in [0.3, 0.4) is 0 Å². The fraction of sp³-hybridized carbons (Fsp3) is 0.174. The monoisotopic (exact) mass is 448 g/mol. The maximum absolute atomic E-state index is 6.39. The fourth-order valence-corrected chi connectivity index (χ4v) is 4.40. The normalized spacial score (nSPS) is 21.3. The molecule has 144 valence electrons. The van der Waals surface area contributed by atoms with Crippen LogP contribution < -0.4 is 14.2 Å². The molecule has 0 fully saturated rings. The van der Waals surface area contributed by atoms with Crippen LogP contribution in [0.2, 0.25) is 0 Å². The molecule has 0 aliphatic carbocycles. The molecule has 5 nitrogen and oxygen atoms in total. The number of fused-ring (bicyclic) bond motifs is 4. The van der Waals surface area contributed by atoms with E-state index >= 15 is 0 Å². The first kappa shape index (κ1) is 16.9. The van der Waals surface area contributed by atoms with E-state index in [0.29, 0.717) is 0 Å². The Morgan fingerprint density at radius 3 is 2.62 bits per heavy atom. The summed E-state index contributed by atoms with van der Waals surface area (Å²) >= 11 is 3.51.